The zero-order valence-electron chi connectivity index (χ0n) is 13.5. The summed E-state index contributed by atoms with van der Waals surface area (Å²) in [4.78, 5) is -0.633. The highest BCUT2D eigenvalue weighted by molar-refractivity contribution is 7.89. The van der Waals surface area contributed by atoms with Gasteiger partial charge in [-0.1, -0.05) is 41.9 Å². The average Bonchev–Trinajstić information content (AvgIpc) is 2.55. The zero-order chi connectivity index (χ0) is 19.4. The topological polar surface area (TPSA) is 64.6 Å². The maximum absolute atomic E-state index is 12.5. The number of methoxy groups -OCH3 is 1. The van der Waals surface area contributed by atoms with Crippen LogP contribution in [-0.4, -0.2) is 28.4 Å². The fourth-order valence-electron chi connectivity index (χ4n) is 2.20. The monoisotopic (exact) mass is 409 g/mol. The average molecular weight is 410 g/mol. The van der Waals surface area contributed by atoms with Gasteiger partial charge in [-0.3, -0.25) is 0 Å². The molecule has 10 heteroatoms. The smallest absolute Gasteiger partial charge is 0.404 e. The zero-order valence-corrected chi connectivity index (χ0v) is 15.0. The first kappa shape index (κ1) is 20.5. The maximum Gasteiger partial charge on any atom is 0.573 e. The van der Waals surface area contributed by atoms with Crippen molar-refractivity contribution in [3.8, 4) is 5.75 Å². The fourth-order valence-corrected chi connectivity index (χ4v) is 3.62. The molecule has 0 aromatic heterocycles. The van der Waals surface area contributed by atoms with Crippen molar-refractivity contribution in [2.45, 2.75) is 17.4 Å². The van der Waals surface area contributed by atoms with Crippen molar-refractivity contribution < 1.29 is 31.1 Å². The summed E-state index contributed by atoms with van der Waals surface area (Å²) in [5, 5.41) is 0.374. The predicted molar refractivity (Wildman–Crippen MR) is 89.5 cm³/mol. The number of sulfonamides is 1. The largest absolute Gasteiger partial charge is 0.573 e. The van der Waals surface area contributed by atoms with E-state index in [1.165, 1.54) is 19.2 Å². The second-order valence-electron chi connectivity index (χ2n) is 5.09. The molecule has 1 atom stereocenters. The molecule has 0 amide bonds. The number of rotatable bonds is 7. The van der Waals surface area contributed by atoms with Gasteiger partial charge in [-0.2, -0.15) is 0 Å². The lowest BCUT2D eigenvalue weighted by Crippen LogP contribution is -2.30. The number of halogens is 4. The molecule has 2 aromatic rings. The van der Waals surface area contributed by atoms with E-state index in [4.69, 9.17) is 16.3 Å². The first-order chi connectivity index (χ1) is 12.1. The summed E-state index contributed by atoms with van der Waals surface area (Å²) < 4.78 is 73.5. The van der Waals surface area contributed by atoms with Crippen molar-refractivity contribution in [2.75, 3.05) is 13.7 Å². The van der Waals surface area contributed by atoms with Gasteiger partial charge in [0.1, 0.15) is 10.6 Å². The standard InChI is InChI=1S/C16H15ClF3NO4S/c1-24-14(11-6-2-3-7-12(11)17)10-21-26(22,23)15-9-5-4-8-13(15)25-16(18,19)20/h2-9,14,21H,10H2,1H3/t14-/m0/s1. The van der Waals surface area contributed by atoms with Crippen molar-refractivity contribution in [3.63, 3.8) is 0 Å². The first-order valence-corrected chi connectivity index (χ1v) is 9.12. The number of nitrogens with one attached hydrogen (secondary N) is 1. The van der Waals surface area contributed by atoms with Gasteiger partial charge in [0.05, 0.1) is 6.10 Å². The van der Waals surface area contributed by atoms with E-state index in [1.54, 1.807) is 24.3 Å². The fraction of sp³-hybridized carbons (Fsp3) is 0.250. The molecule has 0 spiro atoms. The van der Waals surface area contributed by atoms with Gasteiger partial charge in [-0.25, -0.2) is 13.1 Å². The van der Waals surface area contributed by atoms with Crippen molar-refractivity contribution in [1.29, 1.82) is 0 Å². The van der Waals surface area contributed by atoms with Crippen LogP contribution in [0.15, 0.2) is 53.4 Å². The SMILES string of the molecule is CO[C@@H](CNS(=O)(=O)c1ccccc1OC(F)(F)F)c1ccccc1Cl. The molecule has 2 rings (SSSR count). The lowest BCUT2D eigenvalue weighted by Gasteiger charge is -2.19. The summed E-state index contributed by atoms with van der Waals surface area (Å²) in [6.07, 6.45) is -5.74. The van der Waals surface area contributed by atoms with Crippen LogP contribution in [-0.2, 0) is 14.8 Å². The molecule has 26 heavy (non-hydrogen) atoms. The van der Waals surface area contributed by atoms with Gasteiger partial charge in [0.15, 0.2) is 0 Å². The van der Waals surface area contributed by atoms with Gasteiger partial charge in [-0.05, 0) is 18.2 Å². The Hall–Kier alpha value is -1.81. The van der Waals surface area contributed by atoms with E-state index >= 15 is 0 Å². The van der Waals surface area contributed by atoms with Crippen molar-refractivity contribution in [2.24, 2.45) is 0 Å². The molecule has 0 unspecified atom stereocenters. The third-order valence-corrected chi connectivity index (χ3v) is 5.17. The van der Waals surface area contributed by atoms with Crippen LogP contribution in [0.1, 0.15) is 11.7 Å². The van der Waals surface area contributed by atoms with E-state index in [0.29, 0.717) is 10.6 Å². The molecule has 5 nitrogen and oxygen atoms in total. The second-order valence-corrected chi connectivity index (χ2v) is 7.23. The minimum absolute atomic E-state index is 0.233. The molecule has 0 radical (unpaired) electrons. The van der Waals surface area contributed by atoms with Crippen LogP contribution in [0.25, 0.3) is 0 Å². The number of alkyl halides is 3. The lowest BCUT2D eigenvalue weighted by atomic mass is 10.1. The van der Waals surface area contributed by atoms with Crippen LogP contribution in [0.2, 0.25) is 5.02 Å². The van der Waals surface area contributed by atoms with Crippen LogP contribution in [0, 0.1) is 0 Å². The Kier molecular flexibility index (Phi) is 6.51. The molecule has 0 heterocycles. The molecule has 0 saturated heterocycles. The molecule has 0 aliphatic rings. The molecular weight excluding hydrogens is 395 g/mol. The van der Waals surface area contributed by atoms with Crippen LogP contribution >= 0.6 is 11.6 Å². The summed E-state index contributed by atoms with van der Waals surface area (Å²) in [6.45, 7) is -0.233. The molecule has 0 fully saturated rings. The third-order valence-electron chi connectivity index (χ3n) is 3.36. The van der Waals surface area contributed by atoms with Crippen LogP contribution < -0.4 is 9.46 Å². The minimum atomic E-state index is -5.02. The van der Waals surface area contributed by atoms with E-state index < -0.39 is 33.1 Å². The van der Waals surface area contributed by atoms with Crippen LogP contribution in [0.4, 0.5) is 13.2 Å². The van der Waals surface area contributed by atoms with Gasteiger partial charge in [0, 0.05) is 24.2 Å². The number of benzene rings is 2. The Morgan fingerprint density at radius 3 is 2.35 bits per heavy atom. The van der Waals surface area contributed by atoms with Gasteiger partial charge >= 0.3 is 6.36 Å². The van der Waals surface area contributed by atoms with Crippen molar-refractivity contribution >= 4 is 21.6 Å². The molecule has 0 saturated carbocycles. The van der Waals surface area contributed by atoms with Gasteiger partial charge in [-0.15, -0.1) is 13.2 Å². The normalized spacial score (nSPS) is 13.4. The van der Waals surface area contributed by atoms with E-state index in [2.05, 4.69) is 9.46 Å². The van der Waals surface area contributed by atoms with Gasteiger partial charge in [0.2, 0.25) is 10.0 Å². The summed E-state index contributed by atoms with van der Waals surface area (Å²) in [5.41, 5.74) is 0.541. The van der Waals surface area contributed by atoms with E-state index in [1.807, 2.05) is 0 Å². The second kappa shape index (κ2) is 8.26. The molecule has 0 bridgehead atoms. The first-order valence-electron chi connectivity index (χ1n) is 7.25. The number of hydrogen-bond acceptors (Lipinski definition) is 4. The Bertz CT molecular complexity index is 859. The number of para-hydroxylation sites is 1. The summed E-state index contributed by atoms with van der Waals surface area (Å²) in [6, 6.07) is 11.1. The van der Waals surface area contributed by atoms with Gasteiger partial charge in [0.25, 0.3) is 0 Å². The maximum atomic E-state index is 12.5. The summed E-state index contributed by atoms with van der Waals surface area (Å²) in [7, 11) is -2.92. The Morgan fingerprint density at radius 2 is 1.73 bits per heavy atom. The van der Waals surface area contributed by atoms with Crippen molar-refractivity contribution in [1.82, 2.24) is 4.72 Å². The molecular formula is C16H15ClF3NO4S. The summed E-state index contributed by atoms with van der Waals surface area (Å²) in [5.74, 6) is -0.820. The number of hydrogen-bond donors (Lipinski definition) is 1. The lowest BCUT2D eigenvalue weighted by molar-refractivity contribution is -0.275. The summed E-state index contributed by atoms with van der Waals surface area (Å²) >= 11 is 6.06. The highest BCUT2D eigenvalue weighted by Gasteiger charge is 2.34. The van der Waals surface area contributed by atoms with Crippen LogP contribution in [0.5, 0.6) is 5.75 Å². The Labute approximate surface area is 153 Å². The van der Waals surface area contributed by atoms with Gasteiger partial charge < -0.3 is 9.47 Å². The highest BCUT2D eigenvalue weighted by atomic mass is 35.5. The van der Waals surface area contributed by atoms with E-state index in [-0.39, 0.29) is 6.54 Å². The van der Waals surface area contributed by atoms with E-state index in [9.17, 15) is 21.6 Å². The Balaban J connectivity index is 2.23. The van der Waals surface area contributed by atoms with E-state index in [0.717, 1.165) is 12.1 Å². The minimum Gasteiger partial charge on any atom is -0.404 e. The molecule has 142 valence electrons. The van der Waals surface area contributed by atoms with Crippen molar-refractivity contribution in [3.05, 3.63) is 59.1 Å². The number of ether oxygens (including phenoxy) is 2. The third kappa shape index (κ3) is 5.34. The predicted octanol–water partition coefficient (Wildman–Crippen LogP) is 3.90. The molecule has 2 aromatic carbocycles. The molecule has 0 aliphatic carbocycles. The molecule has 1 N–H and O–H groups in total. The van der Waals surface area contributed by atoms with Crippen LogP contribution in [0.3, 0.4) is 0 Å². The Morgan fingerprint density at radius 1 is 1.12 bits per heavy atom. The highest BCUT2D eigenvalue weighted by Crippen LogP contribution is 2.30. The quantitative estimate of drug-likeness (QED) is 0.753. The molecule has 0 aliphatic heterocycles.